The van der Waals surface area contributed by atoms with Crippen molar-refractivity contribution in [3.05, 3.63) is 3.14 Å². The van der Waals surface area contributed by atoms with Crippen LogP contribution < -0.4 is 0 Å². The first-order valence-electron chi connectivity index (χ1n) is 11.2. The first kappa shape index (κ1) is 27.0. The van der Waals surface area contributed by atoms with Gasteiger partial charge in [-0.1, -0.05) is 92.3 Å². The predicted octanol–water partition coefficient (Wildman–Crippen LogP) is 10.4. The molecular formula is C23H42S5. The van der Waals surface area contributed by atoms with E-state index in [-0.39, 0.29) is 0 Å². The Balaban J connectivity index is 2.29. The molecule has 28 heavy (non-hydrogen) atoms. The van der Waals surface area contributed by atoms with Gasteiger partial charge in [-0.3, -0.25) is 0 Å². The van der Waals surface area contributed by atoms with Crippen LogP contribution in [0.2, 0.25) is 0 Å². The molecule has 1 heterocycles. The lowest BCUT2D eigenvalue weighted by atomic mass is 9.98. The summed E-state index contributed by atoms with van der Waals surface area (Å²) >= 11 is 13.3. The van der Waals surface area contributed by atoms with Gasteiger partial charge in [0.1, 0.15) is 3.14 Å². The Morgan fingerprint density at radius 3 is 1.39 bits per heavy atom. The molecule has 0 bridgehead atoms. The minimum Gasteiger partial charge on any atom is -0.113 e. The van der Waals surface area contributed by atoms with Gasteiger partial charge in [-0.05, 0) is 48.0 Å². The monoisotopic (exact) mass is 478 g/mol. The maximum atomic E-state index is 5.50. The van der Waals surface area contributed by atoms with E-state index in [1.807, 2.05) is 22.7 Å². The number of hydrogen-bond donors (Lipinski definition) is 0. The van der Waals surface area contributed by atoms with E-state index in [4.69, 9.17) is 12.2 Å². The lowest BCUT2D eigenvalue weighted by Crippen LogP contribution is -1.98. The molecule has 1 rings (SSSR count). The van der Waals surface area contributed by atoms with E-state index in [2.05, 4.69) is 65.1 Å². The molecule has 1 aromatic rings. The summed E-state index contributed by atoms with van der Waals surface area (Å²) in [5, 5.41) is 0. The van der Waals surface area contributed by atoms with Crippen molar-refractivity contribution in [2.75, 3.05) is 11.5 Å². The topological polar surface area (TPSA) is 0 Å². The van der Waals surface area contributed by atoms with E-state index < -0.39 is 0 Å². The maximum Gasteiger partial charge on any atom is 0.145 e. The van der Waals surface area contributed by atoms with Crippen LogP contribution in [0.1, 0.15) is 92.9 Å². The van der Waals surface area contributed by atoms with Crippen molar-refractivity contribution in [1.82, 2.24) is 0 Å². The lowest BCUT2D eigenvalue weighted by Gasteiger charge is -2.12. The van der Waals surface area contributed by atoms with Gasteiger partial charge in [0, 0.05) is 0 Å². The summed E-state index contributed by atoms with van der Waals surface area (Å²) < 4.78 is 4.07. The highest BCUT2D eigenvalue weighted by atomic mass is 32.2. The molecule has 0 aromatic carbocycles. The third-order valence-electron chi connectivity index (χ3n) is 5.16. The van der Waals surface area contributed by atoms with Gasteiger partial charge in [-0.2, -0.15) is 0 Å². The average molecular weight is 479 g/mol. The van der Waals surface area contributed by atoms with E-state index in [0.717, 1.165) is 26.8 Å². The molecular weight excluding hydrogens is 437 g/mol. The Hall–Kier alpha value is 0.970. The first-order valence-corrected chi connectivity index (χ1v) is 15.2. The van der Waals surface area contributed by atoms with Crippen molar-refractivity contribution in [1.29, 1.82) is 0 Å². The van der Waals surface area contributed by atoms with Gasteiger partial charge < -0.3 is 0 Å². The molecule has 2 atom stereocenters. The fourth-order valence-electron chi connectivity index (χ4n) is 3.18. The minimum absolute atomic E-state index is 0.845. The van der Waals surface area contributed by atoms with Crippen LogP contribution in [0.15, 0.2) is 8.42 Å². The molecule has 1 aromatic heterocycles. The van der Waals surface area contributed by atoms with E-state index in [1.165, 1.54) is 71.3 Å². The maximum absolute atomic E-state index is 5.50. The fourth-order valence-corrected chi connectivity index (χ4v) is 9.77. The normalized spacial score (nSPS) is 14.1. The zero-order chi connectivity index (χ0) is 20.9. The van der Waals surface area contributed by atoms with E-state index in [9.17, 15) is 0 Å². The second-order valence-corrected chi connectivity index (χ2v) is 15.1. The standard InChI is InChI=1S/C23H42S5/c1-17(2)9-7-11-19(5)13-15-25-21-22(28-23(24)27-21)26-16-14-20(6)12-8-10-18(3)4/h17-20H,7-16H2,1-6H3. The summed E-state index contributed by atoms with van der Waals surface area (Å²) in [6.45, 7) is 14.2. The second kappa shape index (κ2) is 15.7. The molecule has 0 aliphatic rings. The highest BCUT2D eigenvalue weighted by Gasteiger charge is 2.11. The predicted molar refractivity (Wildman–Crippen MR) is 139 cm³/mol. The molecule has 0 aliphatic heterocycles. The van der Waals surface area contributed by atoms with Crippen LogP contribution in [0.4, 0.5) is 0 Å². The van der Waals surface area contributed by atoms with Gasteiger partial charge >= 0.3 is 0 Å². The van der Waals surface area contributed by atoms with Crippen LogP contribution in [-0.4, -0.2) is 11.5 Å². The van der Waals surface area contributed by atoms with Crippen molar-refractivity contribution in [3.8, 4) is 0 Å². The number of hydrogen-bond acceptors (Lipinski definition) is 5. The van der Waals surface area contributed by atoms with Gasteiger partial charge in [0.2, 0.25) is 0 Å². The second-order valence-electron chi connectivity index (χ2n) is 9.16. The summed E-state index contributed by atoms with van der Waals surface area (Å²) in [6, 6.07) is 0. The third-order valence-corrected chi connectivity index (χ3v) is 10.8. The van der Waals surface area contributed by atoms with Crippen molar-refractivity contribution in [2.24, 2.45) is 23.7 Å². The van der Waals surface area contributed by atoms with Crippen LogP contribution in [0.3, 0.4) is 0 Å². The third kappa shape index (κ3) is 13.3. The molecule has 0 nitrogen and oxygen atoms in total. The Morgan fingerprint density at radius 1 is 0.643 bits per heavy atom. The Labute approximate surface area is 197 Å². The van der Waals surface area contributed by atoms with Crippen molar-refractivity contribution in [2.45, 2.75) is 101 Å². The van der Waals surface area contributed by atoms with Crippen LogP contribution in [0.5, 0.6) is 0 Å². The Bertz CT molecular complexity index is 511. The smallest absolute Gasteiger partial charge is 0.113 e. The largest absolute Gasteiger partial charge is 0.145 e. The van der Waals surface area contributed by atoms with Gasteiger partial charge in [-0.15, -0.1) is 46.2 Å². The highest BCUT2D eigenvalue weighted by molar-refractivity contribution is 8.05. The van der Waals surface area contributed by atoms with Crippen LogP contribution in [0.25, 0.3) is 0 Å². The van der Waals surface area contributed by atoms with Crippen molar-refractivity contribution >= 4 is 58.4 Å². The molecule has 0 saturated carbocycles. The number of rotatable bonds is 16. The molecule has 0 amide bonds. The molecule has 0 N–H and O–H groups in total. The van der Waals surface area contributed by atoms with Crippen LogP contribution >= 0.6 is 58.4 Å². The van der Waals surface area contributed by atoms with Crippen LogP contribution in [-0.2, 0) is 0 Å². The SMILES string of the molecule is CC(C)CCCC(C)CCSc1sc(=S)sc1SCCC(C)CCCC(C)C. The quantitative estimate of drug-likeness (QED) is 0.171. The summed E-state index contributed by atoms with van der Waals surface area (Å²) in [5.74, 6) is 5.87. The summed E-state index contributed by atoms with van der Waals surface area (Å²) in [5.41, 5.74) is 0. The number of thioether (sulfide) groups is 2. The zero-order valence-electron chi connectivity index (χ0n) is 18.9. The minimum atomic E-state index is 0.845. The van der Waals surface area contributed by atoms with Crippen molar-refractivity contribution in [3.63, 3.8) is 0 Å². The lowest BCUT2D eigenvalue weighted by molar-refractivity contribution is 0.451. The van der Waals surface area contributed by atoms with E-state index in [1.54, 1.807) is 0 Å². The summed E-state index contributed by atoms with van der Waals surface area (Å²) in [7, 11) is 0. The Morgan fingerprint density at radius 2 is 1.04 bits per heavy atom. The molecule has 164 valence electrons. The molecule has 5 heteroatoms. The first-order chi connectivity index (χ1) is 13.3. The highest BCUT2D eigenvalue weighted by Crippen LogP contribution is 2.41. The molecule has 2 unspecified atom stereocenters. The molecule has 0 aliphatic carbocycles. The Kier molecular flexibility index (Phi) is 15.2. The van der Waals surface area contributed by atoms with Gasteiger partial charge in [-0.25, -0.2) is 0 Å². The summed E-state index contributed by atoms with van der Waals surface area (Å²) in [6.07, 6.45) is 10.9. The van der Waals surface area contributed by atoms with Gasteiger partial charge in [0.15, 0.2) is 0 Å². The molecule has 0 radical (unpaired) electrons. The average Bonchev–Trinajstić information content (AvgIpc) is 2.94. The molecule has 0 saturated heterocycles. The van der Waals surface area contributed by atoms with Crippen LogP contribution in [0, 0.1) is 26.8 Å². The summed E-state index contributed by atoms with van der Waals surface area (Å²) in [4.78, 5) is 0. The zero-order valence-corrected chi connectivity index (χ0v) is 23.0. The van der Waals surface area contributed by atoms with Gasteiger partial charge in [0.05, 0.1) is 8.42 Å². The molecule has 0 fully saturated rings. The van der Waals surface area contributed by atoms with E-state index >= 15 is 0 Å². The van der Waals surface area contributed by atoms with Crippen molar-refractivity contribution < 1.29 is 0 Å². The molecule has 0 spiro atoms. The fraction of sp³-hybridized carbons (Fsp3) is 0.870. The van der Waals surface area contributed by atoms with E-state index in [0.29, 0.717) is 0 Å². The van der Waals surface area contributed by atoms with Gasteiger partial charge in [0.25, 0.3) is 0 Å².